The molecule has 1 rings (SSSR count). The average Bonchev–Trinajstić information content (AvgIpc) is 2.36. The highest BCUT2D eigenvalue weighted by molar-refractivity contribution is 5.36. The molecule has 1 aromatic carbocycles. The predicted octanol–water partition coefficient (Wildman–Crippen LogP) is 4.67. The van der Waals surface area contributed by atoms with Gasteiger partial charge < -0.3 is 10.1 Å². The van der Waals surface area contributed by atoms with E-state index in [9.17, 15) is 22.0 Å². The van der Waals surface area contributed by atoms with Crippen LogP contribution in [0, 0.1) is 0 Å². The maximum Gasteiger partial charge on any atom is 0.389 e. The van der Waals surface area contributed by atoms with Crippen molar-refractivity contribution in [2.75, 3.05) is 6.54 Å². The molecule has 0 bridgehead atoms. The largest absolute Gasteiger partial charge is 0.434 e. The third-order valence-electron chi connectivity index (χ3n) is 2.91. The van der Waals surface area contributed by atoms with E-state index in [0.717, 1.165) is 0 Å². The predicted molar refractivity (Wildman–Crippen MR) is 69.4 cm³/mol. The van der Waals surface area contributed by atoms with Crippen molar-refractivity contribution in [3.05, 3.63) is 29.8 Å². The van der Waals surface area contributed by atoms with Crippen molar-refractivity contribution in [1.29, 1.82) is 0 Å². The maximum absolute atomic E-state index is 12.4. The van der Waals surface area contributed by atoms with E-state index in [4.69, 9.17) is 0 Å². The maximum atomic E-state index is 12.4. The molecule has 0 amide bonds. The number of para-hydroxylation sites is 1. The highest BCUT2D eigenvalue weighted by atomic mass is 19.4. The number of hydrogen-bond acceptors (Lipinski definition) is 2. The summed E-state index contributed by atoms with van der Waals surface area (Å²) in [5.74, 6) is -0.00883. The second-order valence-electron chi connectivity index (χ2n) is 4.53. The second kappa shape index (κ2) is 8.17. The van der Waals surface area contributed by atoms with Crippen LogP contribution in [0.25, 0.3) is 0 Å². The van der Waals surface area contributed by atoms with Crippen molar-refractivity contribution >= 4 is 0 Å². The van der Waals surface area contributed by atoms with Crippen LogP contribution >= 0.6 is 0 Å². The SMILES string of the molecule is CCNC(CCCC(F)(F)F)c1ccccc1OC(F)F. The molecule has 1 N–H and O–H groups in total. The van der Waals surface area contributed by atoms with E-state index in [0.29, 0.717) is 12.1 Å². The summed E-state index contributed by atoms with van der Waals surface area (Å²) in [6, 6.07) is 5.70. The van der Waals surface area contributed by atoms with E-state index in [2.05, 4.69) is 10.1 Å². The Morgan fingerprint density at radius 1 is 1.19 bits per heavy atom. The zero-order valence-electron chi connectivity index (χ0n) is 11.6. The lowest BCUT2D eigenvalue weighted by molar-refractivity contribution is -0.135. The molecule has 0 heterocycles. The Kier molecular flexibility index (Phi) is 6.87. The highest BCUT2D eigenvalue weighted by Gasteiger charge is 2.27. The number of benzene rings is 1. The van der Waals surface area contributed by atoms with Gasteiger partial charge in [0.15, 0.2) is 0 Å². The van der Waals surface area contributed by atoms with E-state index in [1.807, 2.05) is 0 Å². The van der Waals surface area contributed by atoms with Gasteiger partial charge in [0.25, 0.3) is 0 Å². The van der Waals surface area contributed by atoms with Crippen LogP contribution in [0.1, 0.15) is 37.8 Å². The second-order valence-corrected chi connectivity index (χ2v) is 4.53. The Balaban J connectivity index is 2.79. The van der Waals surface area contributed by atoms with Crippen LogP contribution in [0.2, 0.25) is 0 Å². The highest BCUT2D eigenvalue weighted by Crippen LogP contribution is 2.31. The van der Waals surface area contributed by atoms with Crippen LogP contribution in [0.3, 0.4) is 0 Å². The minimum absolute atomic E-state index is 0.00883. The first-order valence-electron chi connectivity index (χ1n) is 6.67. The van der Waals surface area contributed by atoms with Gasteiger partial charge in [0, 0.05) is 18.0 Å². The van der Waals surface area contributed by atoms with Crippen LogP contribution in [-0.4, -0.2) is 19.3 Å². The van der Waals surface area contributed by atoms with E-state index in [1.165, 1.54) is 6.07 Å². The monoisotopic (exact) mass is 311 g/mol. The molecule has 0 aliphatic rings. The van der Waals surface area contributed by atoms with E-state index in [-0.39, 0.29) is 18.6 Å². The zero-order valence-corrected chi connectivity index (χ0v) is 11.6. The van der Waals surface area contributed by atoms with Crippen molar-refractivity contribution in [2.45, 2.75) is 45.0 Å². The van der Waals surface area contributed by atoms with Gasteiger partial charge in [-0.1, -0.05) is 25.1 Å². The number of nitrogens with one attached hydrogen (secondary N) is 1. The standard InChI is InChI=1S/C14H18F5NO/c1-2-20-11(7-5-9-14(17,18)19)10-6-3-4-8-12(10)21-13(15)16/h3-4,6,8,11,13,20H,2,5,7,9H2,1H3. The first-order valence-corrected chi connectivity index (χ1v) is 6.67. The summed E-state index contributed by atoms with van der Waals surface area (Å²) in [4.78, 5) is 0. The van der Waals surface area contributed by atoms with Gasteiger partial charge in [-0.05, 0) is 25.5 Å². The molecular weight excluding hydrogens is 293 g/mol. The Hall–Kier alpha value is -1.37. The van der Waals surface area contributed by atoms with Gasteiger partial charge in [-0.2, -0.15) is 22.0 Å². The van der Waals surface area contributed by atoms with Crippen LogP contribution < -0.4 is 10.1 Å². The zero-order chi connectivity index (χ0) is 15.9. The molecule has 1 unspecified atom stereocenters. The molecule has 1 aromatic rings. The number of alkyl halides is 5. The lowest BCUT2D eigenvalue weighted by atomic mass is 10.00. The van der Waals surface area contributed by atoms with Crippen molar-refractivity contribution < 1.29 is 26.7 Å². The van der Waals surface area contributed by atoms with Gasteiger partial charge in [0.05, 0.1) is 0 Å². The fourth-order valence-corrected chi connectivity index (χ4v) is 2.09. The fourth-order valence-electron chi connectivity index (χ4n) is 2.09. The molecule has 21 heavy (non-hydrogen) atoms. The first kappa shape index (κ1) is 17.7. The summed E-state index contributed by atoms with van der Waals surface area (Å²) < 4.78 is 65.8. The van der Waals surface area contributed by atoms with E-state index < -0.39 is 25.3 Å². The third kappa shape index (κ3) is 6.75. The Morgan fingerprint density at radius 3 is 2.43 bits per heavy atom. The van der Waals surface area contributed by atoms with Gasteiger partial charge in [-0.25, -0.2) is 0 Å². The molecule has 0 saturated heterocycles. The fraction of sp³-hybridized carbons (Fsp3) is 0.571. The van der Waals surface area contributed by atoms with Gasteiger partial charge in [0.1, 0.15) is 5.75 Å². The lowest BCUT2D eigenvalue weighted by Gasteiger charge is -2.21. The topological polar surface area (TPSA) is 21.3 Å². The van der Waals surface area contributed by atoms with Crippen LogP contribution in [0.5, 0.6) is 5.75 Å². The van der Waals surface area contributed by atoms with Crippen molar-refractivity contribution in [2.24, 2.45) is 0 Å². The Bertz CT molecular complexity index is 422. The summed E-state index contributed by atoms with van der Waals surface area (Å²) in [6.07, 6.45) is -5.00. The minimum Gasteiger partial charge on any atom is -0.434 e. The molecular formula is C14H18F5NO. The van der Waals surface area contributed by atoms with Crippen molar-refractivity contribution in [1.82, 2.24) is 5.32 Å². The van der Waals surface area contributed by atoms with E-state index >= 15 is 0 Å². The van der Waals surface area contributed by atoms with Crippen LogP contribution in [0.4, 0.5) is 22.0 Å². The molecule has 0 aliphatic heterocycles. The number of ether oxygens (including phenoxy) is 1. The molecule has 0 aliphatic carbocycles. The number of halogens is 5. The molecule has 0 spiro atoms. The van der Waals surface area contributed by atoms with E-state index in [1.54, 1.807) is 25.1 Å². The molecule has 0 radical (unpaired) electrons. The van der Waals surface area contributed by atoms with Crippen LogP contribution in [-0.2, 0) is 0 Å². The molecule has 2 nitrogen and oxygen atoms in total. The molecule has 0 saturated carbocycles. The average molecular weight is 311 g/mol. The van der Waals surface area contributed by atoms with Crippen LogP contribution in [0.15, 0.2) is 24.3 Å². The number of hydrogen-bond donors (Lipinski definition) is 1. The van der Waals surface area contributed by atoms with Gasteiger partial charge >= 0.3 is 12.8 Å². The van der Waals surface area contributed by atoms with Crippen molar-refractivity contribution in [3.8, 4) is 5.75 Å². The summed E-state index contributed by atoms with van der Waals surface area (Å²) in [6.45, 7) is -0.656. The summed E-state index contributed by atoms with van der Waals surface area (Å²) in [5, 5.41) is 3.01. The Labute approximate surface area is 120 Å². The lowest BCUT2D eigenvalue weighted by Crippen LogP contribution is -2.22. The third-order valence-corrected chi connectivity index (χ3v) is 2.91. The summed E-state index contributed by atoms with van der Waals surface area (Å²) >= 11 is 0. The van der Waals surface area contributed by atoms with Gasteiger partial charge in [-0.3, -0.25) is 0 Å². The summed E-state index contributed by atoms with van der Waals surface area (Å²) in [7, 11) is 0. The quantitative estimate of drug-likeness (QED) is 0.704. The molecule has 0 aromatic heterocycles. The minimum atomic E-state index is -4.21. The van der Waals surface area contributed by atoms with Crippen molar-refractivity contribution in [3.63, 3.8) is 0 Å². The molecule has 120 valence electrons. The van der Waals surface area contributed by atoms with Gasteiger partial charge in [0.2, 0.25) is 0 Å². The Morgan fingerprint density at radius 2 is 1.86 bits per heavy atom. The first-order chi connectivity index (χ1) is 9.83. The molecule has 1 atom stereocenters. The normalized spacial score (nSPS) is 13.5. The molecule has 0 fully saturated rings. The summed E-state index contributed by atoms with van der Waals surface area (Å²) in [5.41, 5.74) is 0.446. The van der Waals surface area contributed by atoms with Gasteiger partial charge in [-0.15, -0.1) is 0 Å². The molecule has 7 heteroatoms. The number of rotatable bonds is 8. The smallest absolute Gasteiger partial charge is 0.389 e.